The second-order valence-electron chi connectivity index (χ2n) is 36.4. The molecule has 4 fully saturated rings. The van der Waals surface area contributed by atoms with Gasteiger partial charge in [0.15, 0.2) is 29.0 Å². The van der Waals surface area contributed by atoms with Crippen LogP contribution >= 0.6 is 11.8 Å². The number of carbonyl (C=O) groups is 15. The number of phenolic OH excluding ortho intramolecular Hbond substituents is 2. The molecule has 36 heteroatoms. The van der Waals surface area contributed by atoms with Crippen LogP contribution in [0, 0.1) is 35.2 Å². The molecular formula is C99H122F3N15O17S. The van der Waals surface area contributed by atoms with Crippen molar-refractivity contribution in [3.05, 3.63) is 203 Å². The van der Waals surface area contributed by atoms with Crippen molar-refractivity contribution in [2.75, 3.05) is 52.3 Å². The molecule has 135 heavy (non-hydrogen) atoms. The van der Waals surface area contributed by atoms with Crippen molar-refractivity contribution in [1.82, 2.24) is 66.3 Å². The van der Waals surface area contributed by atoms with Gasteiger partial charge in [0.1, 0.15) is 71.9 Å². The van der Waals surface area contributed by atoms with Gasteiger partial charge in [-0.2, -0.15) is 0 Å². The number of amides is 13. The first-order valence-electron chi connectivity index (χ1n) is 45.9. The summed E-state index contributed by atoms with van der Waals surface area (Å²) >= 11 is 0.741. The SMILES string of the molecule is CCCC[C@H]1C(=O)N2CCC[C@@H]2C(=O)N2C[C@H](N)C[C@H]2C(=O)C[C@@H](C(C)C)C(=O)N(C)[C@@H](Cc2ccccc2)C(=O)N[C@@H](Cc2ccc(O)cc2)C(=O)N2CC[C@@H]2C(=O)N[C@@H](Cc2c[nH]c3ccccc23)C(=O)N[C@@H](Cc2ccc(O)cc2)C(=O)N[C@@H](CC(C)C)C(=O)N[C@H](C(=O)CCC(N)=O)CSCC(=O)N[C@@H](Cc2cc(F)c(F)c(F)c2)C(=O)N(C)[C@@H](Cc2ccccc2)C(=O)N1C. The van der Waals surface area contributed by atoms with Crippen LogP contribution < -0.4 is 43.4 Å². The fourth-order valence-electron chi connectivity index (χ4n) is 18.0. The van der Waals surface area contributed by atoms with Crippen molar-refractivity contribution < 1.29 is 95.3 Å². The first-order chi connectivity index (χ1) is 64.4. The molecule has 4 saturated heterocycles. The Morgan fingerprint density at radius 2 is 1.03 bits per heavy atom. The number of aromatic nitrogens is 1. The molecule has 13 N–H and O–H groups in total. The maximum Gasteiger partial charge on any atom is 0.246 e. The largest absolute Gasteiger partial charge is 0.508 e. The number of hydrogen-bond acceptors (Lipinski definition) is 19. The van der Waals surface area contributed by atoms with E-state index < -0.39 is 239 Å². The number of thioether (sulfide) groups is 1. The van der Waals surface area contributed by atoms with Crippen molar-refractivity contribution in [2.45, 2.75) is 222 Å². The van der Waals surface area contributed by atoms with E-state index in [1.165, 1.54) is 82.0 Å². The van der Waals surface area contributed by atoms with Gasteiger partial charge in [0.2, 0.25) is 76.8 Å². The number of phenols is 2. The molecule has 4 aliphatic heterocycles. The number of unbranched alkanes of at least 4 members (excludes halogenated alkanes) is 1. The van der Waals surface area contributed by atoms with Crippen molar-refractivity contribution in [2.24, 2.45) is 29.2 Å². The first kappa shape index (κ1) is 103. The molecule has 4 aliphatic rings. The van der Waals surface area contributed by atoms with Gasteiger partial charge in [-0.3, -0.25) is 71.9 Å². The van der Waals surface area contributed by atoms with Crippen LogP contribution in [-0.2, 0) is 110 Å². The number of nitrogens with one attached hydrogen (secondary N) is 7. The third-order valence-electron chi connectivity index (χ3n) is 25.7. The van der Waals surface area contributed by atoms with Crippen LogP contribution in [0.1, 0.15) is 139 Å². The highest BCUT2D eigenvalue weighted by molar-refractivity contribution is 8.00. The summed E-state index contributed by atoms with van der Waals surface area (Å²) in [7, 11) is 4.03. The Bertz CT molecular complexity index is 5420. The molecule has 13 amide bonds. The van der Waals surface area contributed by atoms with E-state index in [-0.39, 0.29) is 101 Å². The van der Waals surface area contributed by atoms with Crippen LogP contribution in [0.25, 0.3) is 10.9 Å². The number of hydrogen-bond donors (Lipinski definition) is 11. The highest BCUT2D eigenvalue weighted by Crippen LogP contribution is 2.33. The number of primary amides is 1. The molecule has 722 valence electrons. The van der Waals surface area contributed by atoms with Gasteiger partial charge in [0.25, 0.3) is 0 Å². The molecule has 0 unspecified atom stereocenters. The quantitative estimate of drug-likeness (QED) is 0.0362. The summed E-state index contributed by atoms with van der Waals surface area (Å²) in [6.07, 6.45) is -0.461. The Morgan fingerprint density at radius 3 is 1.62 bits per heavy atom. The monoisotopic (exact) mass is 1880 g/mol. The van der Waals surface area contributed by atoms with E-state index in [9.17, 15) is 29.0 Å². The molecule has 0 radical (unpaired) electrons. The Balaban J connectivity index is 0.980. The number of benzene rings is 6. The number of carbonyl (C=O) groups excluding carboxylic acids is 15. The topological polar surface area (TPSA) is 456 Å². The molecule has 11 rings (SSSR count). The van der Waals surface area contributed by atoms with E-state index >= 15 is 66.3 Å². The number of fused-ring (bicyclic) bond motifs is 4. The summed E-state index contributed by atoms with van der Waals surface area (Å²) in [5.74, 6) is -20.7. The fourth-order valence-corrected chi connectivity index (χ4v) is 18.9. The van der Waals surface area contributed by atoms with E-state index in [0.29, 0.717) is 70.1 Å². The molecule has 5 heterocycles. The van der Waals surface area contributed by atoms with E-state index in [1.54, 1.807) is 131 Å². The second kappa shape index (κ2) is 47.3. The van der Waals surface area contributed by atoms with Crippen LogP contribution in [0.2, 0.25) is 0 Å². The van der Waals surface area contributed by atoms with Gasteiger partial charge in [-0.1, -0.05) is 151 Å². The maximum absolute atomic E-state index is 15.8. The fraction of sp³-hybridized carbons (Fsp3) is 0.465. The molecule has 0 bridgehead atoms. The summed E-state index contributed by atoms with van der Waals surface area (Å²) in [6, 6.07) is 18.8. The zero-order valence-corrected chi connectivity index (χ0v) is 77.9. The molecule has 0 aliphatic carbocycles. The molecule has 14 atom stereocenters. The average Bonchev–Trinajstić information content (AvgIpc) is 1.24. The highest BCUT2D eigenvalue weighted by atomic mass is 32.2. The van der Waals surface area contributed by atoms with Crippen LogP contribution in [0.15, 0.2) is 152 Å². The Hall–Kier alpha value is -13.0. The summed E-state index contributed by atoms with van der Waals surface area (Å²) in [5, 5.41) is 38.2. The third kappa shape index (κ3) is 26.8. The first-order valence-corrected chi connectivity index (χ1v) is 47.0. The Morgan fingerprint density at radius 1 is 0.504 bits per heavy atom. The number of nitrogens with two attached hydrogens (primary N) is 2. The van der Waals surface area contributed by atoms with E-state index in [1.807, 2.05) is 6.92 Å². The number of aromatic amines is 1. The van der Waals surface area contributed by atoms with Crippen LogP contribution in [0.4, 0.5) is 13.2 Å². The zero-order valence-electron chi connectivity index (χ0n) is 77.1. The normalized spacial score (nSPS) is 24.5. The Kier molecular flexibility index (Phi) is 35.9. The molecule has 6 aromatic carbocycles. The van der Waals surface area contributed by atoms with Gasteiger partial charge in [0, 0.05) is 133 Å². The minimum atomic E-state index is -1.83. The summed E-state index contributed by atoms with van der Waals surface area (Å²) in [6.45, 7) is 8.65. The third-order valence-corrected chi connectivity index (χ3v) is 26.7. The van der Waals surface area contributed by atoms with Crippen LogP contribution in [0.3, 0.4) is 0 Å². The van der Waals surface area contributed by atoms with Crippen molar-refractivity contribution in [1.29, 1.82) is 0 Å². The lowest BCUT2D eigenvalue weighted by Gasteiger charge is -2.42. The number of aromatic hydroxyl groups is 2. The van der Waals surface area contributed by atoms with E-state index in [2.05, 4.69) is 36.9 Å². The number of para-hydroxylation sites is 1. The lowest BCUT2D eigenvalue weighted by molar-refractivity contribution is -0.154. The van der Waals surface area contributed by atoms with Gasteiger partial charge in [0.05, 0.1) is 17.8 Å². The number of nitrogens with zero attached hydrogens (tertiary/aromatic N) is 6. The smallest absolute Gasteiger partial charge is 0.246 e. The number of Topliss-reactive ketones (excluding diaryl/α,β-unsaturated/α-hetero) is 2. The molecule has 1 aromatic heterocycles. The summed E-state index contributed by atoms with van der Waals surface area (Å²) < 4.78 is 45.2. The number of likely N-dealkylation sites (N-methyl/N-ethyl adjacent to an activating group) is 3. The molecule has 0 spiro atoms. The number of H-pyrrole nitrogens is 1. The van der Waals surface area contributed by atoms with Crippen molar-refractivity contribution in [3.8, 4) is 11.5 Å². The number of ketones is 2. The summed E-state index contributed by atoms with van der Waals surface area (Å²) in [4.78, 5) is 238. The average molecular weight is 1880 g/mol. The second-order valence-corrected chi connectivity index (χ2v) is 37.4. The van der Waals surface area contributed by atoms with Crippen LogP contribution in [0.5, 0.6) is 11.5 Å². The van der Waals surface area contributed by atoms with E-state index in [0.717, 1.165) is 16.7 Å². The predicted molar refractivity (Wildman–Crippen MR) is 498 cm³/mol. The lowest BCUT2D eigenvalue weighted by atomic mass is 9.86. The maximum atomic E-state index is 15.8. The Labute approximate surface area is 786 Å². The lowest BCUT2D eigenvalue weighted by Crippen LogP contribution is -2.65. The molecule has 7 aromatic rings. The number of halogens is 3. The summed E-state index contributed by atoms with van der Waals surface area (Å²) in [5.41, 5.74) is 15.0. The molecule has 32 nitrogen and oxygen atoms in total. The predicted octanol–water partition coefficient (Wildman–Crippen LogP) is 5.71. The minimum Gasteiger partial charge on any atom is -0.508 e. The van der Waals surface area contributed by atoms with Gasteiger partial charge >= 0.3 is 0 Å². The van der Waals surface area contributed by atoms with E-state index in [4.69, 9.17) is 11.5 Å². The number of rotatable bonds is 22. The standard InChI is InChI=1S/C99H122F3N15O17S/c1-9-10-26-79-98(133)115-39-19-27-80(115)99(134)117-53-64(103)50-81(117)85(121)51-68(57(4)5)94(129)113(7)82(47-58-20-13-11-14-21-58)93(128)110-76(45-61-30-34-66(119)35-31-61)96(131)116-40-38-78(116)92(127)109-74(49-63-52-105-71-25-18-17-24-67(63)71)91(126)108-73(44-60-28-32-65(118)33-29-60)90(125)107-72(41-56(2)3)89(124)111-77(84(120)36-37-86(104)122)54-135-55-87(123)106-75(46-62-42-69(100)88(102)70(101)43-62)95(130)114(8)83(97(132)112(79)6)48-59-22-15-12-16-23-59/h11-18,20-25,28-35,42-43,52,56-57,64,68,72-83,105,118-119H,9-10,19,26-27,36-41,44-51,53-55,103H2,1-8H3,(H2,104,122)(H,106,123)(H,107,125)(H,108,126)(H,109,127)(H,110,128)(H,111,124)/t64-,68+,72+,73+,74+,75+,76+,77+,78-,79+,80-,81+,82+,83+/m1/s1. The molecule has 0 saturated carbocycles. The van der Waals surface area contributed by atoms with Crippen LogP contribution in [-0.4, -0.2) is 264 Å². The van der Waals surface area contributed by atoms with Crippen molar-refractivity contribution in [3.63, 3.8) is 0 Å². The van der Waals surface area contributed by atoms with Gasteiger partial charge in [-0.25, -0.2) is 13.2 Å². The minimum absolute atomic E-state index is 0.0314. The van der Waals surface area contributed by atoms with Gasteiger partial charge in [-0.15, -0.1) is 11.8 Å². The van der Waals surface area contributed by atoms with Gasteiger partial charge < -0.3 is 88.0 Å². The zero-order chi connectivity index (χ0) is 97.8. The van der Waals surface area contributed by atoms with Crippen molar-refractivity contribution >= 4 is 111 Å². The van der Waals surface area contributed by atoms with Gasteiger partial charge in [-0.05, 0) is 126 Å². The molecular weight excluding hydrogens is 1760 g/mol. The highest BCUT2D eigenvalue weighted by Gasteiger charge is 2.50.